The summed E-state index contributed by atoms with van der Waals surface area (Å²) in [4.78, 5) is 8.09. The van der Waals surface area contributed by atoms with E-state index in [1.54, 1.807) is 20.4 Å². The number of nitrogens with one attached hydrogen (secondary N) is 1. The molecule has 5 N–H and O–H groups in total. The Kier molecular flexibility index (Phi) is 7.35. The average molecular weight is 460 g/mol. The number of hydrogen-bond acceptors (Lipinski definition) is 8. The number of rotatable bonds is 6. The number of nitrogens with two attached hydrogens (primary N) is 2. The molecular formula is C26H29N5O3. The fraction of sp³-hybridized carbons (Fsp3) is 0.308. The van der Waals surface area contributed by atoms with Gasteiger partial charge in [0, 0.05) is 48.7 Å². The molecule has 176 valence electrons. The quantitative estimate of drug-likeness (QED) is 0.481. The van der Waals surface area contributed by atoms with E-state index < -0.39 is 0 Å². The number of ether oxygens (including phenoxy) is 3. The number of nitrogen functional groups attached to an aromatic ring is 2. The van der Waals surface area contributed by atoms with Crippen LogP contribution in [0.4, 0.5) is 17.5 Å². The van der Waals surface area contributed by atoms with E-state index in [2.05, 4.69) is 39.3 Å². The molecule has 1 aliphatic heterocycles. The summed E-state index contributed by atoms with van der Waals surface area (Å²) in [5.74, 6) is 8.18. The highest BCUT2D eigenvalue weighted by molar-refractivity contribution is 5.60. The molecule has 3 aromatic rings. The summed E-state index contributed by atoms with van der Waals surface area (Å²) < 4.78 is 16.6. The Labute approximate surface area is 199 Å². The van der Waals surface area contributed by atoms with E-state index >= 15 is 0 Å². The summed E-state index contributed by atoms with van der Waals surface area (Å²) in [6.45, 7) is 1.59. The van der Waals surface area contributed by atoms with Crippen molar-refractivity contribution in [1.29, 1.82) is 0 Å². The first-order valence-electron chi connectivity index (χ1n) is 11.1. The lowest BCUT2D eigenvalue weighted by atomic mass is 10.0. The molecule has 0 radical (unpaired) electrons. The van der Waals surface area contributed by atoms with E-state index in [1.807, 2.05) is 24.3 Å². The van der Waals surface area contributed by atoms with E-state index in [9.17, 15) is 0 Å². The monoisotopic (exact) mass is 459 g/mol. The SMILES string of the molecule is COc1cc(Cc2cnc(N)nc2N)cc(C#Cc2cccc(NC3CCOCC3)c2)c1OC. The van der Waals surface area contributed by atoms with Gasteiger partial charge in [-0.3, -0.25) is 0 Å². The Bertz CT molecular complexity index is 1210. The second kappa shape index (κ2) is 10.8. The Morgan fingerprint density at radius 3 is 2.65 bits per heavy atom. The zero-order chi connectivity index (χ0) is 23.9. The van der Waals surface area contributed by atoms with Crippen LogP contribution in [-0.4, -0.2) is 43.4 Å². The molecule has 0 aliphatic carbocycles. The summed E-state index contributed by atoms with van der Waals surface area (Å²) in [5.41, 5.74) is 16.0. The number of methoxy groups -OCH3 is 2. The molecule has 2 aromatic carbocycles. The fourth-order valence-electron chi connectivity index (χ4n) is 3.91. The van der Waals surface area contributed by atoms with Crippen LogP contribution in [0, 0.1) is 11.8 Å². The maximum Gasteiger partial charge on any atom is 0.221 e. The predicted octanol–water partition coefficient (Wildman–Crippen LogP) is 3.24. The van der Waals surface area contributed by atoms with E-state index in [0.29, 0.717) is 29.8 Å². The molecule has 0 saturated carbocycles. The highest BCUT2D eigenvalue weighted by Crippen LogP contribution is 2.33. The van der Waals surface area contributed by atoms with Gasteiger partial charge in [-0.15, -0.1) is 0 Å². The first-order valence-corrected chi connectivity index (χ1v) is 11.1. The minimum Gasteiger partial charge on any atom is -0.493 e. The van der Waals surface area contributed by atoms with Crippen molar-refractivity contribution in [2.45, 2.75) is 25.3 Å². The second-order valence-corrected chi connectivity index (χ2v) is 8.06. The largest absolute Gasteiger partial charge is 0.493 e. The molecule has 4 rings (SSSR count). The molecular weight excluding hydrogens is 430 g/mol. The number of benzene rings is 2. The number of anilines is 3. The average Bonchev–Trinajstić information content (AvgIpc) is 2.85. The van der Waals surface area contributed by atoms with Crippen LogP contribution < -0.4 is 26.3 Å². The molecule has 2 heterocycles. The van der Waals surface area contributed by atoms with Gasteiger partial charge in [0.2, 0.25) is 5.95 Å². The van der Waals surface area contributed by atoms with Gasteiger partial charge in [0.25, 0.3) is 0 Å². The third kappa shape index (κ3) is 5.69. The molecule has 8 nitrogen and oxygen atoms in total. The summed E-state index contributed by atoms with van der Waals surface area (Å²) in [7, 11) is 3.21. The van der Waals surface area contributed by atoms with Crippen molar-refractivity contribution in [1.82, 2.24) is 9.97 Å². The van der Waals surface area contributed by atoms with Crippen LogP contribution in [0.1, 0.15) is 35.1 Å². The third-order valence-electron chi connectivity index (χ3n) is 5.65. The fourth-order valence-corrected chi connectivity index (χ4v) is 3.91. The molecule has 0 atom stereocenters. The topological polar surface area (TPSA) is 118 Å². The maximum absolute atomic E-state index is 6.02. The Morgan fingerprint density at radius 2 is 1.91 bits per heavy atom. The van der Waals surface area contributed by atoms with Crippen molar-refractivity contribution in [3.05, 3.63) is 64.8 Å². The standard InChI is InChI=1S/C26H29N5O3/c1-32-23-15-18(13-20-16-29-26(28)31-25(20)27)12-19(24(23)33-2)7-6-17-4-3-5-22(14-17)30-21-8-10-34-11-9-21/h3-5,12,14-16,21,30H,8-11,13H2,1-2H3,(H4,27,28,29,31). The highest BCUT2D eigenvalue weighted by Gasteiger charge is 2.14. The number of hydrogen-bond donors (Lipinski definition) is 3. The van der Waals surface area contributed by atoms with Crippen molar-refractivity contribution < 1.29 is 14.2 Å². The van der Waals surface area contributed by atoms with Crippen LogP contribution in [0.2, 0.25) is 0 Å². The minimum atomic E-state index is 0.147. The lowest BCUT2D eigenvalue weighted by molar-refractivity contribution is 0.0904. The predicted molar refractivity (Wildman–Crippen MR) is 133 cm³/mol. The Balaban J connectivity index is 1.61. The molecule has 0 bridgehead atoms. The van der Waals surface area contributed by atoms with Crippen LogP contribution in [0.15, 0.2) is 42.6 Å². The van der Waals surface area contributed by atoms with E-state index in [4.69, 9.17) is 25.7 Å². The molecule has 0 amide bonds. The van der Waals surface area contributed by atoms with Crippen LogP contribution >= 0.6 is 0 Å². The van der Waals surface area contributed by atoms with Crippen molar-refractivity contribution in [2.24, 2.45) is 0 Å². The van der Waals surface area contributed by atoms with E-state index in [-0.39, 0.29) is 5.95 Å². The Hall–Kier alpha value is -3.96. The zero-order valence-electron chi connectivity index (χ0n) is 19.4. The molecule has 1 saturated heterocycles. The number of nitrogens with zero attached hydrogens (tertiary/aromatic N) is 2. The molecule has 34 heavy (non-hydrogen) atoms. The molecule has 1 aliphatic rings. The van der Waals surface area contributed by atoms with Gasteiger partial charge in [-0.2, -0.15) is 4.98 Å². The summed E-state index contributed by atoms with van der Waals surface area (Å²) in [5, 5.41) is 3.58. The number of aromatic nitrogens is 2. The van der Waals surface area contributed by atoms with Gasteiger partial charge < -0.3 is 31.0 Å². The van der Waals surface area contributed by atoms with Crippen molar-refractivity contribution >= 4 is 17.5 Å². The Morgan fingerprint density at radius 1 is 1.09 bits per heavy atom. The van der Waals surface area contributed by atoms with Crippen LogP contribution in [0.5, 0.6) is 11.5 Å². The summed E-state index contributed by atoms with van der Waals surface area (Å²) >= 11 is 0. The first kappa shape index (κ1) is 23.2. The van der Waals surface area contributed by atoms with Crippen molar-refractivity contribution in [3.8, 4) is 23.3 Å². The van der Waals surface area contributed by atoms with Gasteiger partial charge in [-0.1, -0.05) is 17.9 Å². The van der Waals surface area contributed by atoms with Gasteiger partial charge in [0.1, 0.15) is 5.82 Å². The molecule has 1 fully saturated rings. The van der Waals surface area contributed by atoms with Gasteiger partial charge in [-0.25, -0.2) is 4.98 Å². The normalized spacial score (nSPS) is 13.6. The smallest absolute Gasteiger partial charge is 0.221 e. The highest BCUT2D eigenvalue weighted by atomic mass is 16.5. The van der Waals surface area contributed by atoms with Gasteiger partial charge in [0.15, 0.2) is 11.5 Å². The lowest BCUT2D eigenvalue weighted by Crippen LogP contribution is -2.27. The van der Waals surface area contributed by atoms with E-state index in [0.717, 1.165) is 54.0 Å². The second-order valence-electron chi connectivity index (χ2n) is 8.06. The lowest BCUT2D eigenvalue weighted by Gasteiger charge is -2.24. The van der Waals surface area contributed by atoms with Crippen LogP contribution in [0.25, 0.3) is 0 Å². The molecule has 1 aromatic heterocycles. The molecule has 8 heteroatoms. The first-order chi connectivity index (χ1) is 16.6. The molecule has 0 spiro atoms. The van der Waals surface area contributed by atoms with Gasteiger partial charge >= 0.3 is 0 Å². The maximum atomic E-state index is 6.02. The van der Waals surface area contributed by atoms with E-state index in [1.165, 1.54) is 0 Å². The van der Waals surface area contributed by atoms with Gasteiger partial charge in [-0.05, 0) is 48.7 Å². The zero-order valence-corrected chi connectivity index (χ0v) is 19.4. The summed E-state index contributed by atoms with van der Waals surface area (Å²) in [6.07, 6.45) is 4.15. The van der Waals surface area contributed by atoms with Crippen molar-refractivity contribution in [3.63, 3.8) is 0 Å². The van der Waals surface area contributed by atoms with Crippen LogP contribution in [0.3, 0.4) is 0 Å². The van der Waals surface area contributed by atoms with Crippen LogP contribution in [-0.2, 0) is 11.2 Å². The molecule has 0 unspecified atom stereocenters. The third-order valence-corrected chi connectivity index (χ3v) is 5.65. The van der Waals surface area contributed by atoms with Crippen molar-refractivity contribution in [2.75, 3.05) is 44.2 Å². The van der Waals surface area contributed by atoms with Gasteiger partial charge in [0.05, 0.1) is 19.8 Å². The minimum absolute atomic E-state index is 0.147. The summed E-state index contributed by atoms with van der Waals surface area (Å²) in [6, 6.07) is 12.4.